The maximum Gasteiger partial charge on any atom is 0.338 e. The smallest absolute Gasteiger partial charge is 0.338 e. The highest BCUT2D eigenvalue weighted by molar-refractivity contribution is 6.07. The summed E-state index contributed by atoms with van der Waals surface area (Å²) in [5.41, 5.74) is 0. The number of likely N-dealkylation sites (N-methyl/N-ethyl adjacent to an activating group) is 2. The molecule has 0 aromatic heterocycles. The van der Waals surface area contributed by atoms with E-state index in [0.29, 0.717) is 0 Å². The van der Waals surface area contributed by atoms with Gasteiger partial charge in [-0.3, -0.25) is 9.59 Å². The van der Waals surface area contributed by atoms with E-state index in [0.717, 1.165) is 4.90 Å². The Kier molecular flexibility index (Phi) is 2.73. The third kappa shape index (κ3) is 1.55. The van der Waals surface area contributed by atoms with E-state index in [1.807, 2.05) is 0 Å². The Bertz CT molecular complexity index is 289. The van der Waals surface area contributed by atoms with Gasteiger partial charge in [0.25, 0.3) is 5.91 Å². The summed E-state index contributed by atoms with van der Waals surface area (Å²) in [5, 5.41) is 0. The number of methoxy groups -OCH3 is 1. The van der Waals surface area contributed by atoms with Crippen molar-refractivity contribution in [1.82, 2.24) is 9.80 Å². The molecule has 0 spiro atoms. The zero-order valence-electron chi connectivity index (χ0n) is 8.31. The van der Waals surface area contributed by atoms with Crippen LogP contribution in [0.25, 0.3) is 0 Å². The van der Waals surface area contributed by atoms with Gasteiger partial charge in [-0.25, -0.2) is 4.79 Å². The SMILES string of the molecule is COC(=O)C1C(=O)N(C)CC(=O)N1C. The molecule has 78 valence electrons. The third-order valence-corrected chi connectivity index (χ3v) is 2.19. The van der Waals surface area contributed by atoms with Crippen LogP contribution in [0.4, 0.5) is 0 Å². The number of amides is 2. The summed E-state index contributed by atoms with van der Waals surface area (Å²) in [7, 11) is 4.07. The van der Waals surface area contributed by atoms with E-state index < -0.39 is 17.9 Å². The van der Waals surface area contributed by atoms with Crippen LogP contribution in [-0.4, -0.2) is 61.4 Å². The predicted octanol–water partition coefficient (Wildman–Crippen LogP) is -1.54. The van der Waals surface area contributed by atoms with E-state index in [1.165, 1.54) is 26.1 Å². The number of hydrogen-bond acceptors (Lipinski definition) is 4. The van der Waals surface area contributed by atoms with Crippen LogP contribution in [0, 0.1) is 0 Å². The highest BCUT2D eigenvalue weighted by Gasteiger charge is 2.41. The summed E-state index contributed by atoms with van der Waals surface area (Å²) in [6, 6.07) is -1.13. The number of hydrogen-bond donors (Lipinski definition) is 0. The summed E-state index contributed by atoms with van der Waals surface area (Å²) in [6.45, 7) is 0.00281. The minimum atomic E-state index is -1.13. The largest absolute Gasteiger partial charge is 0.467 e. The summed E-state index contributed by atoms with van der Waals surface area (Å²) >= 11 is 0. The van der Waals surface area contributed by atoms with Crippen LogP contribution in [-0.2, 0) is 19.1 Å². The van der Waals surface area contributed by atoms with E-state index >= 15 is 0 Å². The van der Waals surface area contributed by atoms with Crippen LogP contribution in [0.5, 0.6) is 0 Å². The Balaban J connectivity index is 2.93. The molecule has 1 unspecified atom stereocenters. The normalized spacial score (nSPS) is 22.6. The number of carbonyl (C=O) groups excluding carboxylic acids is 3. The molecule has 0 aliphatic carbocycles. The zero-order valence-corrected chi connectivity index (χ0v) is 8.31. The number of ether oxygens (including phenoxy) is 1. The van der Waals surface area contributed by atoms with Gasteiger partial charge in [0.1, 0.15) is 0 Å². The third-order valence-electron chi connectivity index (χ3n) is 2.19. The quantitative estimate of drug-likeness (QED) is 0.380. The summed E-state index contributed by atoms with van der Waals surface area (Å²) in [5.74, 6) is -1.40. The molecule has 0 aromatic rings. The monoisotopic (exact) mass is 200 g/mol. The van der Waals surface area contributed by atoms with E-state index in [4.69, 9.17) is 0 Å². The number of esters is 1. The van der Waals surface area contributed by atoms with Gasteiger partial charge in [-0.15, -0.1) is 0 Å². The molecule has 1 aliphatic heterocycles. The van der Waals surface area contributed by atoms with Crippen molar-refractivity contribution in [2.75, 3.05) is 27.7 Å². The average molecular weight is 200 g/mol. The molecule has 1 saturated heterocycles. The number of piperazine rings is 1. The molecule has 6 heteroatoms. The molecule has 1 aliphatic rings. The lowest BCUT2D eigenvalue weighted by Crippen LogP contribution is -2.60. The molecule has 1 heterocycles. The Morgan fingerprint density at radius 1 is 1.43 bits per heavy atom. The van der Waals surface area contributed by atoms with E-state index in [-0.39, 0.29) is 12.5 Å². The van der Waals surface area contributed by atoms with Crippen molar-refractivity contribution in [1.29, 1.82) is 0 Å². The molecule has 1 atom stereocenters. The summed E-state index contributed by atoms with van der Waals surface area (Å²) in [4.78, 5) is 36.4. The minimum Gasteiger partial charge on any atom is -0.467 e. The van der Waals surface area contributed by atoms with Gasteiger partial charge < -0.3 is 14.5 Å². The van der Waals surface area contributed by atoms with Gasteiger partial charge in [-0.2, -0.15) is 0 Å². The fraction of sp³-hybridized carbons (Fsp3) is 0.625. The van der Waals surface area contributed by atoms with Crippen LogP contribution in [0.2, 0.25) is 0 Å². The van der Waals surface area contributed by atoms with Crippen molar-refractivity contribution in [2.24, 2.45) is 0 Å². The Morgan fingerprint density at radius 3 is 2.50 bits per heavy atom. The van der Waals surface area contributed by atoms with Crippen molar-refractivity contribution in [3.05, 3.63) is 0 Å². The maximum absolute atomic E-state index is 11.5. The van der Waals surface area contributed by atoms with Crippen LogP contribution < -0.4 is 0 Å². The average Bonchev–Trinajstić information content (AvgIpc) is 2.15. The van der Waals surface area contributed by atoms with Crippen LogP contribution >= 0.6 is 0 Å². The maximum atomic E-state index is 11.5. The molecular weight excluding hydrogens is 188 g/mol. The molecule has 1 rings (SSSR count). The predicted molar refractivity (Wildman–Crippen MR) is 46.2 cm³/mol. The Labute approximate surface area is 81.4 Å². The second kappa shape index (κ2) is 3.65. The molecule has 2 amide bonds. The molecule has 0 aromatic carbocycles. The van der Waals surface area contributed by atoms with Crippen LogP contribution in [0.1, 0.15) is 0 Å². The fourth-order valence-corrected chi connectivity index (χ4v) is 1.28. The van der Waals surface area contributed by atoms with Crippen LogP contribution in [0.3, 0.4) is 0 Å². The minimum absolute atomic E-state index is 0.00281. The molecule has 0 radical (unpaired) electrons. The first-order chi connectivity index (χ1) is 6.49. The first kappa shape index (κ1) is 10.5. The summed E-state index contributed by atoms with van der Waals surface area (Å²) < 4.78 is 4.45. The van der Waals surface area contributed by atoms with Gasteiger partial charge in [-0.05, 0) is 0 Å². The first-order valence-electron chi connectivity index (χ1n) is 4.07. The van der Waals surface area contributed by atoms with Crippen LogP contribution in [0.15, 0.2) is 0 Å². The van der Waals surface area contributed by atoms with Gasteiger partial charge in [0.2, 0.25) is 11.9 Å². The lowest BCUT2D eigenvalue weighted by Gasteiger charge is -2.34. The highest BCUT2D eigenvalue weighted by atomic mass is 16.5. The van der Waals surface area contributed by atoms with Crippen molar-refractivity contribution < 1.29 is 19.1 Å². The molecule has 0 N–H and O–H groups in total. The van der Waals surface area contributed by atoms with Crippen molar-refractivity contribution in [3.8, 4) is 0 Å². The van der Waals surface area contributed by atoms with Crippen molar-refractivity contribution in [3.63, 3.8) is 0 Å². The van der Waals surface area contributed by atoms with Gasteiger partial charge in [0.05, 0.1) is 13.7 Å². The second-order valence-electron chi connectivity index (χ2n) is 3.12. The zero-order chi connectivity index (χ0) is 10.9. The molecule has 0 saturated carbocycles. The molecular formula is C8H12N2O4. The van der Waals surface area contributed by atoms with E-state index in [9.17, 15) is 14.4 Å². The fourth-order valence-electron chi connectivity index (χ4n) is 1.28. The standard InChI is InChI=1S/C8H12N2O4/c1-9-4-5(11)10(2)6(7(9)12)8(13)14-3/h6H,4H2,1-3H3. The van der Waals surface area contributed by atoms with Gasteiger partial charge in [0, 0.05) is 14.1 Å². The van der Waals surface area contributed by atoms with Gasteiger partial charge in [-0.1, -0.05) is 0 Å². The molecule has 0 bridgehead atoms. The Morgan fingerprint density at radius 2 is 2.00 bits per heavy atom. The number of rotatable bonds is 1. The van der Waals surface area contributed by atoms with Gasteiger partial charge >= 0.3 is 5.97 Å². The second-order valence-corrected chi connectivity index (χ2v) is 3.12. The lowest BCUT2D eigenvalue weighted by atomic mass is 10.1. The first-order valence-corrected chi connectivity index (χ1v) is 4.07. The van der Waals surface area contributed by atoms with E-state index in [1.54, 1.807) is 0 Å². The Hall–Kier alpha value is -1.59. The molecule has 1 fully saturated rings. The van der Waals surface area contributed by atoms with Crippen molar-refractivity contribution in [2.45, 2.75) is 6.04 Å². The lowest BCUT2D eigenvalue weighted by molar-refractivity contribution is -0.164. The number of carbonyl (C=O) groups is 3. The topological polar surface area (TPSA) is 66.9 Å². The van der Waals surface area contributed by atoms with Crippen molar-refractivity contribution >= 4 is 17.8 Å². The van der Waals surface area contributed by atoms with E-state index in [2.05, 4.69) is 4.74 Å². The molecule has 6 nitrogen and oxygen atoms in total. The van der Waals surface area contributed by atoms with Gasteiger partial charge in [0.15, 0.2) is 0 Å². The number of nitrogens with zero attached hydrogens (tertiary/aromatic N) is 2. The molecule has 14 heavy (non-hydrogen) atoms. The summed E-state index contributed by atoms with van der Waals surface area (Å²) in [6.07, 6.45) is 0. The highest BCUT2D eigenvalue weighted by Crippen LogP contribution is 2.10.